The Morgan fingerprint density at radius 3 is 2.82 bits per heavy atom. The van der Waals surface area contributed by atoms with Crippen LogP contribution < -0.4 is 10.1 Å². The van der Waals surface area contributed by atoms with Crippen molar-refractivity contribution in [1.82, 2.24) is 14.9 Å². The molecule has 1 aromatic heterocycles. The van der Waals surface area contributed by atoms with Gasteiger partial charge in [-0.1, -0.05) is 0 Å². The number of nitrogens with zero attached hydrogens (tertiary/aromatic N) is 3. The van der Waals surface area contributed by atoms with Crippen molar-refractivity contribution >= 4 is 5.82 Å². The van der Waals surface area contributed by atoms with E-state index in [1.165, 1.54) is 0 Å². The second-order valence-corrected chi connectivity index (χ2v) is 6.15. The highest BCUT2D eigenvalue weighted by atomic mass is 16.5. The van der Waals surface area contributed by atoms with Crippen LogP contribution in [0.2, 0.25) is 0 Å². The molecule has 1 aromatic rings. The summed E-state index contributed by atoms with van der Waals surface area (Å²) in [6.45, 7) is 9.85. The van der Waals surface area contributed by atoms with Crippen LogP contribution in [0.4, 0.5) is 5.82 Å². The minimum atomic E-state index is -0.853. The van der Waals surface area contributed by atoms with Crippen molar-refractivity contribution in [2.45, 2.75) is 32.5 Å². The zero-order chi connectivity index (χ0) is 16.0. The molecule has 1 aliphatic heterocycles. The molecule has 7 nitrogen and oxygen atoms in total. The van der Waals surface area contributed by atoms with Crippen LogP contribution in [-0.4, -0.2) is 71.1 Å². The lowest BCUT2D eigenvalue weighted by atomic mass is 10.1. The van der Waals surface area contributed by atoms with Crippen LogP contribution in [0.5, 0.6) is 5.88 Å². The Bertz CT molecular complexity index is 462. The van der Waals surface area contributed by atoms with E-state index >= 15 is 0 Å². The summed E-state index contributed by atoms with van der Waals surface area (Å²) in [5.74, 6) is 1.08. The molecule has 22 heavy (non-hydrogen) atoms. The highest BCUT2D eigenvalue weighted by molar-refractivity contribution is 5.33. The van der Waals surface area contributed by atoms with Gasteiger partial charge in [0.15, 0.2) is 0 Å². The van der Waals surface area contributed by atoms with Crippen molar-refractivity contribution in [3.8, 4) is 5.88 Å². The van der Waals surface area contributed by atoms with Gasteiger partial charge in [-0.15, -0.1) is 0 Å². The first-order valence-corrected chi connectivity index (χ1v) is 7.70. The Hall–Kier alpha value is -1.44. The maximum atomic E-state index is 10.5. The smallest absolute Gasteiger partial charge is 0.234 e. The van der Waals surface area contributed by atoms with Crippen LogP contribution in [0, 0.1) is 0 Å². The number of anilines is 1. The van der Waals surface area contributed by atoms with Crippen LogP contribution >= 0.6 is 0 Å². The standard InChI is InChI=1S/C15H26N4O3/c1-12(2)22-14-9-16-8-13(18-14)17-10-15(3,20)11-19-4-6-21-7-5-19/h8-9,12,20H,4-7,10-11H2,1-3H3,(H,17,18). The molecular weight excluding hydrogens is 284 g/mol. The van der Waals surface area contributed by atoms with Crippen LogP contribution in [0.1, 0.15) is 20.8 Å². The van der Waals surface area contributed by atoms with Crippen molar-refractivity contribution < 1.29 is 14.6 Å². The lowest BCUT2D eigenvalue weighted by Crippen LogP contribution is -2.49. The maximum absolute atomic E-state index is 10.5. The van der Waals surface area contributed by atoms with E-state index in [-0.39, 0.29) is 6.10 Å². The molecule has 1 unspecified atom stereocenters. The third kappa shape index (κ3) is 5.75. The van der Waals surface area contributed by atoms with E-state index in [4.69, 9.17) is 9.47 Å². The summed E-state index contributed by atoms with van der Waals surface area (Å²) in [5, 5.41) is 13.6. The van der Waals surface area contributed by atoms with E-state index < -0.39 is 5.60 Å². The average molecular weight is 310 g/mol. The molecule has 1 atom stereocenters. The van der Waals surface area contributed by atoms with Crippen molar-refractivity contribution in [2.24, 2.45) is 0 Å². The Balaban J connectivity index is 1.85. The molecule has 0 saturated carbocycles. The molecule has 2 N–H and O–H groups in total. The third-order valence-corrected chi connectivity index (χ3v) is 3.29. The molecule has 0 bridgehead atoms. The van der Waals surface area contributed by atoms with Crippen molar-refractivity contribution in [3.05, 3.63) is 12.4 Å². The number of hydrogen-bond donors (Lipinski definition) is 2. The van der Waals surface area contributed by atoms with E-state index in [1.807, 2.05) is 20.8 Å². The summed E-state index contributed by atoms with van der Waals surface area (Å²) < 4.78 is 10.8. The first-order valence-electron chi connectivity index (χ1n) is 7.70. The summed E-state index contributed by atoms with van der Waals surface area (Å²) in [6, 6.07) is 0. The van der Waals surface area contributed by atoms with Gasteiger partial charge < -0.3 is 19.9 Å². The predicted molar refractivity (Wildman–Crippen MR) is 84.2 cm³/mol. The highest BCUT2D eigenvalue weighted by Gasteiger charge is 2.25. The summed E-state index contributed by atoms with van der Waals surface area (Å²) in [6.07, 6.45) is 3.25. The van der Waals surface area contributed by atoms with Gasteiger partial charge in [-0.3, -0.25) is 9.88 Å². The number of aromatic nitrogens is 2. The zero-order valence-electron chi connectivity index (χ0n) is 13.6. The number of rotatable bonds is 7. The lowest BCUT2D eigenvalue weighted by Gasteiger charge is -2.33. The fourth-order valence-corrected chi connectivity index (χ4v) is 2.31. The first-order chi connectivity index (χ1) is 10.4. The van der Waals surface area contributed by atoms with Crippen molar-refractivity contribution in [3.63, 3.8) is 0 Å². The number of ether oxygens (including phenoxy) is 2. The van der Waals surface area contributed by atoms with Crippen LogP contribution in [0.25, 0.3) is 0 Å². The van der Waals surface area contributed by atoms with Gasteiger partial charge >= 0.3 is 0 Å². The average Bonchev–Trinajstić information content (AvgIpc) is 2.46. The number of hydrogen-bond acceptors (Lipinski definition) is 7. The molecule has 124 valence electrons. The van der Waals surface area contributed by atoms with Gasteiger partial charge in [0.05, 0.1) is 37.3 Å². The Morgan fingerprint density at radius 1 is 1.41 bits per heavy atom. The monoisotopic (exact) mass is 310 g/mol. The van der Waals surface area contributed by atoms with Gasteiger partial charge in [0.2, 0.25) is 5.88 Å². The molecule has 0 aromatic carbocycles. The molecule has 2 heterocycles. The lowest BCUT2D eigenvalue weighted by molar-refractivity contribution is -0.0164. The number of morpholine rings is 1. The molecule has 1 saturated heterocycles. The fourth-order valence-electron chi connectivity index (χ4n) is 2.31. The second kappa shape index (κ2) is 7.71. The summed E-state index contributed by atoms with van der Waals surface area (Å²) >= 11 is 0. The molecule has 0 amide bonds. The molecule has 7 heteroatoms. The molecule has 1 aliphatic rings. The topological polar surface area (TPSA) is 79.7 Å². The van der Waals surface area contributed by atoms with Gasteiger partial charge in [-0.05, 0) is 20.8 Å². The number of nitrogens with one attached hydrogen (secondary N) is 1. The van der Waals surface area contributed by atoms with Crippen molar-refractivity contribution in [1.29, 1.82) is 0 Å². The summed E-state index contributed by atoms with van der Waals surface area (Å²) in [4.78, 5) is 10.6. The Kier molecular flexibility index (Phi) is 5.93. The molecule has 0 radical (unpaired) electrons. The number of β-amino-alcohol motifs (C(OH)–C–C–N with tert-alkyl or cyclic N) is 1. The predicted octanol–water partition coefficient (Wildman–Crippen LogP) is 0.759. The normalized spacial score (nSPS) is 19.0. The third-order valence-electron chi connectivity index (χ3n) is 3.29. The van der Waals surface area contributed by atoms with E-state index in [1.54, 1.807) is 12.4 Å². The largest absolute Gasteiger partial charge is 0.474 e. The quantitative estimate of drug-likeness (QED) is 0.769. The zero-order valence-corrected chi connectivity index (χ0v) is 13.6. The first kappa shape index (κ1) is 16.9. The van der Waals surface area contributed by atoms with Crippen molar-refractivity contribution in [2.75, 3.05) is 44.7 Å². The molecule has 1 fully saturated rings. The van der Waals surface area contributed by atoms with E-state index in [0.29, 0.717) is 24.8 Å². The van der Waals surface area contributed by atoms with E-state index in [9.17, 15) is 5.11 Å². The Labute approximate surface area is 131 Å². The minimum absolute atomic E-state index is 0.0500. The van der Waals surface area contributed by atoms with Gasteiger partial charge in [-0.2, -0.15) is 4.98 Å². The number of aliphatic hydroxyl groups is 1. The van der Waals surface area contributed by atoms with Gasteiger partial charge in [0.25, 0.3) is 0 Å². The van der Waals surface area contributed by atoms with Crippen LogP contribution in [-0.2, 0) is 4.74 Å². The Morgan fingerprint density at radius 2 is 2.14 bits per heavy atom. The molecular formula is C15H26N4O3. The molecule has 0 spiro atoms. The summed E-state index contributed by atoms with van der Waals surface area (Å²) in [7, 11) is 0. The SMILES string of the molecule is CC(C)Oc1cncc(NCC(C)(O)CN2CCOCC2)n1. The molecule has 0 aliphatic carbocycles. The fraction of sp³-hybridized carbons (Fsp3) is 0.733. The van der Waals surface area contributed by atoms with Gasteiger partial charge in [0.1, 0.15) is 5.82 Å². The minimum Gasteiger partial charge on any atom is -0.474 e. The van der Waals surface area contributed by atoms with Crippen LogP contribution in [0.15, 0.2) is 12.4 Å². The van der Waals surface area contributed by atoms with E-state index in [0.717, 1.165) is 26.3 Å². The van der Waals surface area contributed by atoms with Gasteiger partial charge in [-0.25, -0.2) is 0 Å². The van der Waals surface area contributed by atoms with Gasteiger partial charge in [0, 0.05) is 26.2 Å². The van der Waals surface area contributed by atoms with Crippen LogP contribution in [0.3, 0.4) is 0 Å². The maximum Gasteiger partial charge on any atom is 0.234 e. The second-order valence-electron chi connectivity index (χ2n) is 6.15. The summed E-state index contributed by atoms with van der Waals surface area (Å²) in [5.41, 5.74) is -0.853. The highest BCUT2D eigenvalue weighted by Crippen LogP contribution is 2.13. The molecule has 2 rings (SSSR count). The van der Waals surface area contributed by atoms with E-state index in [2.05, 4.69) is 20.2 Å².